The Labute approximate surface area is 125 Å². The number of rotatable bonds is 4. The highest BCUT2D eigenvalue weighted by Gasteiger charge is 2.50. The van der Waals surface area contributed by atoms with E-state index in [2.05, 4.69) is 21.2 Å². The monoisotopic (exact) mass is 341 g/mol. The van der Waals surface area contributed by atoms with Crippen molar-refractivity contribution in [2.45, 2.75) is 31.8 Å². The Morgan fingerprint density at radius 1 is 1.40 bits per heavy atom. The molecule has 3 nitrogen and oxygen atoms in total. The molecule has 20 heavy (non-hydrogen) atoms. The molecular weight excluding hydrogens is 325 g/mol. The standard InChI is InChI=1S/C15H17BrFNO2/c16-11-5-8(1-4-12(11)17)7-18-14-10-3-2-9(6-10)13(14)15(19)20/h1,4-5,9-10,13-14,18H,2-3,6-7H2,(H,19,20). The number of hydrogen-bond acceptors (Lipinski definition) is 2. The maximum absolute atomic E-state index is 13.2. The van der Waals surface area contributed by atoms with Gasteiger partial charge in [-0.3, -0.25) is 4.79 Å². The van der Waals surface area contributed by atoms with E-state index >= 15 is 0 Å². The van der Waals surface area contributed by atoms with Crippen molar-refractivity contribution in [3.8, 4) is 0 Å². The fourth-order valence-corrected chi connectivity index (χ4v) is 4.25. The van der Waals surface area contributed by atoms with Crippen molar-refractivity contribution in [3.05, 3.63) is 34.1 Å². The third-order valence-electron chi connectivity index (χ3n) is 4.73. The fourth-order valence-electron chi connectivity index (χ4n) is 3.83. The molecule has 0 amide bonds. The van der Waals surface area contributed by atoms with Gasteiger partial charge >= 0.3 is 5.97 Å². The first-order chi connectivity index (χ1) is 9.56. The number of hydrogen-bond donors (Lipinski definition) is 2. The second-order valence-electron chi connectivity index (χ2n) is 5.85. The van der Waals surface area contributed by atoms with Gasteiger partial charge in [0, 0.05) is 12.6 Å². The van der Waals surface area contributed by atoms with Crippen LogP contribution in [-0.2, 0) is 11.3 Å². The lowest BCUT2D eigenvalue weighted by molar-refractivity contribution is -0.144. The lowest BCUT2D eigenvalue weighted by Crippen LogP contribution is -2.43. The Morgan fingerprint density at radius 3 is 2.85 bits per heavy atom. The van der Waals surface area contributed by atoms with E-state index < -0.39 is 5.97 Å². The molecule has 0 radical (unpaired) electrons. The molecular formula is C15H17BrFNO2. The summed E-state index contributed by atoms with van der Waals surface area (Å²) in [7, 11) is 0. The molecule has 0 aliphatic heterocycles. The third kappa shape index (κ3) is 2.49. The van der Waals surface area contributed by atoms with Crippen LogP contribution in [-0.4, -0.2) is 17.1 Å². The number of benzene rings is 1. The van der Waals surface area contributed by atoms with Crippen molar-refractivity contribution >= 4 is 21.9 Å². The summed E-state index contributed by atoms with van der Waals surface area (Å²) in [6, 6.07) is 4.95. The van der Waals surface area contributed by atoms with Gasteiger partial charge < -0.3 is 10.4 Å². The second kappa shape index (κ2) is 5.45. The number of carboxylic acid groups (broad SMARTS) is 1. The van der Waals surface area contributed by atoms with Crippen LogP contribution in [0.15, 0.2) is 22.7 Å². The summed E-state index contributed by atoms with van der Waals surface area (Å²) < 4.78 is 13.6. The molecule has 2 bridgehead atoms. The molecule has 0 saturated heterocycles. The Morgan fingerprint density at radius 2 is 2.15 bits per heavy atom. The Kier molecular flexibility index (Phi) is 3.82. The number of fused-ring (bicyclic) bond motifs is 2. The van der Waals surface area contributed by atoms with Gasteiger partial charge in [-0.2, -0.15) is 0 Å². The number of halogens is 2. The predicted octanol–water partition coefficient (Wildman–Crippen LogP) is 3.18. The molecule has 2 fully saturated rings. The van der Waals surface area contributed by atoms with Crippen molar-refractivity contribution in [1.82, 2.24) is 5.32 Å². The van der Waals surface area contributed by atoms with E-state index in [1.807, 2.05) is 0 Å². The van der Waals surface area contributed by atoms with E-state index in [0.717, 1.165) is 24.8 Å². The number of carboxylic acids is 1. The van der Waals surface area contributed by atoms with E-state index in [0.29, 0.717) is 22.9 Å². The first-order valence-electron chi connectivity index (χ1n) is 6.96. The van der Waals surface area contributed by atoms with Crippen LogP contribution in [0.2, 0.25) is 0 Å². The molecule has 0 aromatic heterocycles. The second-order valence-corrected chi connectivity index (χ2v) is 6.71. The molecule has 0 heterocycles. The van der Waals surface area contributed by atoms with E-state index in [9.17, 15) is 14.3 Å². The molecule has 4 atom stereocenters. The molecule has 0 spiro atoms. The normalized spacial score (nSPS) is 31.7. The number of aliphatic carboxylic acids is 1. The first kappa shape index (κ1) is 14.0. The number of carbonyl (C=O) groups is 1. The molecule has 5 heteroatoms. The molecule has 2 saturated carbocycles. The summed E-state index contributed by atoms with van der Waals surface area (Å²) in [4.78, 5) is 11.4. The molecule has 2 aliphatic rings. The summed E-state index contributed by atoms with van der Waals surface area (Å²) in [5.41, 5.74) is 0.963. The van der Waals surface area contributed by atoms with Gasteiger partial charge in [0.1, 0.15) is 5.82 Å². The smallest absolute Gasteiger partial charge is 0.308 e. The van der Waals surface area contributed by atoms with Gasteiger partial charge in [-0.15, -0.1) is 0 Å². The highest BCUT2D eigenvalue weighted by Crippen LogP contribution is 2.48. The molecule has 1 aromatic carbocycles. The van der Waals surface area contributed by atoms with Crippen LogP contribution < -0.4 is 5.32 Å². The minimum Gasteiger partial charge on any atom is -0.481 e. The SMILES string of the molecule is O=C(O)C1C2CCC(C2)C1NCc1ccc(F)c(Br)c1. The first-order valence-corrected chi connectivity index (χ1v) is 7.75. The number of nitrogens with one attached hydrogen (secondary N) is 1. The fraction of sp³-hybridized carbons (Fsp3) is 0.533. The summed E-state index contributed by atoms with van der Waals surface area (Å²) in [6.07, 6.45) is 3.20. The summed E-state index contributed by atoms with van der Waals surface area (Å²) in [6.45, 7) is 0.580. The van der Waals surface area contributed by atoms with E-state index in [4.69, 9.17) is 0 Å². The van der Waals surface area contributed by atoms with Gasteiger partial charge in [0.05, 0.1) is 10.4 Å². The zero-order valence-corrected chi connectivity index (χ0v) is 12.6. The molecule has 108 valence electrons. The summed E-state index contributed by atoms with van der Waals surface area (Å²) in [5.74, 6) is -0.426. The molecule has 2 N–H and O–H groups in total. The van der Waals surface area contributed by atoms with Crippen molar-refractivity contribution in [3.63, 3.8) is 0 Å². The Balaban J connectivity index is 1.68. The maximum Gasteiger partial charge on any atom is 0.308 e. The van der Waals surface area contributed by atoms with Crippen LogP contribution in [0.25, 0.3) is 0 Å². The summed E-state index contributed by atoms with van der Waals surface area (Å²) in [5, 5.41) is 12.8. The average Bonchev–Trinajstić information content (AvgIpc) is 3.00. The van der Waals surface area contributed by atoms with Crippen LogP contribution in [0.5, 0.6) is 0 Å². The molecule has 2 aliphatic carbocycles. The van der Waals surface area contributed by atoms with E-state index in [-0.39, 0.29) is 17.8 Å². The van der Waals surface area contributed by atoms with Crippen LogP contribution in [0.3, 0.4) is 0 Å². The molecule has 3 rings (SSSR count). The quantitative estimate of drug-likeness (QED) is 0.884. The highest BCUT2D eigenvalue weighted by atomic mass is 79.9. The lowest BCUT2D eigenvalue weighted by atomic mass is 9.84. The van der Waals surface area contributed by atoms with Gasteiger partial charge in [-0.05, 0) is 64.7 Å². The van der Waals surface area contributed by atoms with Gasteiger partial charge in [0.25, 0.3) is 0 Å². The van der Waals surface area contributed by atoms with Gasteiger partial charge in [-0.25, -0.2) is 4.39 Å². The van der Waals surface area contributed by atoms with Crippen LogP contribution in [0, 0.1) is 23.6 Å². The van der Waals surface area contributed by atoms with E-state index in [1.165, 1.54) is 6.07 Å². The maximum atomic E-state index is 13.2. The lowest BCUT2D eigenvalue weighted by Gasteiger charge is -2.29. The Bertz CT molecular complexity index is 537. The van der Waals surface area contributed by atoms with Crippen molar-refractivity contribution in [2.24, 2.45) is 17.8 Å². The van der Waals surface area contributed by atoms with Crippen molar-refractivity contribution in [1.29, 1.82) is 0 Å². The highest BCUT2D eigenvalue weighted by molar-refractivity contribution is 9.10. The van der Waals surface area contributed by atoms with Crippen LogP contribution in [0.1, 0.15) is 24.8 Å². The molecule has 1 aromatic rings. The zero-order chi connectivity index (χ0) is 14.3. The minimum atomic E-state index is -0.685. The molecule has 4 unspecified atom stereocenters. The average molecular weight is 342 g/mol. The largest absolute Gasteiger partial charge is 0.481 e. The van der Waals surface area contributed by atoms with Crippen molar-refractivity contribution in [2.75, 3.05) is 0 Å². The van der Waals surface area contributed by atoms with Gasteiger partial charge in [0.2, 0.25) is 0 Å². The van der Waals surface area contributed by atoms with Crippen LogP contribution in [0.4, 0.5) is 4.39 Å². The van der Waals surface area contributed by atoms with Crippen molar-refractivity contribution < 1.29 is 14.3 Å². The summed E-state index contributed by atoms with van der Waals surface area (Å²) >= 11 is 3.17. The zero-order valence-electron chi connectivity index (χ0n) is 11.0. The predicted molar refractivity (Wildman–Crippen MR) is 76.7 cm³/mol. The Hall–Kier alpha value is -0.940. The topological polar surface area (TPSA) is 49.3 Å². The third-order valence-corrected chi connectivity index (χ3v) is 5.34. The van der Waals surface area contributed by atoms with E-state index in [1.54, 1.807) is 12.1 Å². The minimum absolute atomic E-state index is 0.0510. The van der Waals surface area contributed by atoms with Gasteiger partial charge in [-0.1, -0.05) is 6.07 Å². The van der Waals surface area contributed by atoms with Crippen LogP contribution >= 0.6 is 15.9 Å². The van der Waals surface area contributed by atoms with Gasteiger partial charge in [0.15, 0.2) is 0 Å².